The molecular weight excluding hydrogens is 344 g/mol. The Morgan fingerprint density at radius 2 is 2.12 bits per heavy atom. The predicted octanol–water partition coefficient (Wildman–Crippen LogP) is 4.88. The van der Waals surface area contributed by atoms with Gasteiger partial charge in [0.25, 0.3) is 0 Å². The molecule has 26 heavy (non-hydrogen) atoms. The number of carbonyl (C=O) groups is 1. The molecule has 0 aliphatic heterocycles. The SMILES string of the molecule is CC[C@H](C)N(Cc1csc(COc2ccc(C)c(C)c2)n1)C(=O)C1CC1. The summed E-state index contributed by atoms with van der Waals surface area (Å²) >= 11 is 1.60. The van der Waals surface area contributed by atoms with Crippen LogP contribution in [0, 0.1) is 19.8 Å². The molecule has 1 aliphatic carbocycles. The summed E-state index contributed by atoms with van der Waals surface area (Å²) in [6.45, 7) is 9.50. The van der Waals surface area contributed by atoms with Gasteiger partial charge in [-0.3, -0.25) is 4.79 Å². The molecule has 1 saturated carbocycles. The van der Waals surface area contributed by atoms with Crippen molar-refractivity contribution in [2.24, 2.45) is 5.92 Å². The average Bonchev–Trinajstić information content (AvgIpc) is 3.39. The van der Waals surface area contributed by atoms with E-state index in [2.05, 4.69) is 50.2 Å². The lowest BCUT2D eigenvalue weighted by Gasteiger charge is -2.28. The van der Waals surface area contributed by atoms with Crippen LogP contribution in [0.5, 0.6) is 5.75 Å². The fourth-order valence-electron chi connectivity index (χ4n) is 2.85. The monoisotopic (exact) mass is 372 g/mol. The van der Waals surface area contributed by atoms with E-state index in [-0.39, 0.29) is 12.0 Å². The number of carbonyl (C=O) groups excluding carboxylic acids is 1. The molecule has 140 valence electrons. The zero-order valence-corrected chi connectivity index (χ0v) is 16.9. The third kappa shape index (κ3) is 4.64. The smallest absolute Gasteiger partial charge is 0.226 e. The second-order valence-electron chi connectivity index (χ2n) is 7.27. The fraction of sp³-hybridized carbons (Fsp3) is 0.524. The Bertz CT molecular complexity index is 767. The molecule has 0 unspecified atom stereocenters. The van der Waals surface area contributed by atoms with Crippen molar-refractivity contribution in [2.45, 2.75) is 66.2 Å². The molecular formula is C21H28N2O2S. The van der Waals surface area contributed by atoms with Gasteiger partial charge in [-0.2, -0.15) is 0 Å². The minimum atomic E-state index is 0.246. The topological polar surface area (TPSA) is 42.4 Å². The van der Waals surface area contributed by atoms with E-state index in [0.29, 0.717) is 19.1 Å². The van der Waals surface area contributed by atoms with Crippen LogP contribution in [0.4, 0.5) is 0 Å². The van der Waals surface area contributed by atoms with Gasteiger partial charge in [0.1, 0.15) is 17.4 Å². The Kier molecular flexibility index (Phi) is 5.97. The van der Waals surface area contributed by atoms with Crippen LogP contribution in [0.25, 0.3) is 0 Å². The number of nitrogens with zero attached hydrogens (tertiary/aromatic N) is 2. The third-order valence-corrected chi connectivity index (χ3v) is 5.98. The summed E-state index contributed by atoms with van der Waals surface area (Å²) in [6.07, 6.45) is 3.04. The van der Waals surface area contributed by atoms with Crippen molar-refractivity contribution < 1.29 is 9.53 Å². The van der Waals surface area contributed by atoms with E-state index >= 15 is 0 Å². The minimum absolute atomic E-state index is 0.246. The number of aryl methyl sites for hydroxylation is 2. The summed E-state index contributed by atoms with van der Waals surface area (Å²) in [6, 6.07) is 6.38. The van der Waals surface area contributed by atoms with E-state index in [1.165, 1.54) is 11.1 Å². The average molecular weight is 373 g/mol. The van der Waals surface area contributed by atoms with Gasteiger partial charge in [0.05, 0.1) is 12.2 Å². The molecule has 1 heterocycles. The highest BCUT2D eigenvalue weighted by molar-refractivity contribution is 7.09. The summed E-state index contributed by atoms with van der Waals surface area (Å²) in [4.78, 5) is 19.2. The number of ether oxygens (including phenoxy) is 1. The molecule has 0 bridgehead atoms. The number of benzene rings is 1. The third-order valence-electron chi connectivity index (χ3n) is 5.10. The first-order chi connectivity index (χ1) is 12.5. The predicted molar refractivity (Wildman–Crippen MR) is 105 cm³/mol. The maximum Gasteiger partial charge on any atom is 0.226 e. The second kappa shape index (κ2) is 8.21. The summed E-state index contributed by atoms with van der Waals surface area (Å²) in [5, 5.41) is 3.00. The number of hydrogen-bond acceptors (Lipinski definition) is 4. The molecule has 1 aromatic carbocycles. The molecule has 0 saturated heterocycles. The van der Waals surface area contributed by atoms with Gasteiger partial charge in [0.2, 0.25) is 5.91 Å². The summed E-state index contributed by atoms with van der Waals surface area (Å²) < 4.78 is 5.88. The molecule has 0 spiro atoms. The normalized spacial score (nSPS) is 14.9. The van der Waals surface area contributed by atoms with Crippen LogP contribution in [0.15, 0.2) is 23.6 Å². The van der Waals surface area contributed by atoms with Gasteiger partial charge in [-0.05, 0) is 63.3 Å². The lowest BCUT2D eigenvalue weighted by Crippen LogP contribution is -2.38. The van der Waals surface area contributed by atoms with E-state index in [9.17, 15) is 4.79 Å². The van der Waals surface area contributed by atoms with Crippen LogP contribution in [0.3, 0.4) is 0 Å². The highest BCUT2D eigenvalue weighted by Crippen LogP contribution is 2.32. The van der Waals surface area contributed by atoms with Gasteiger partial charge >= 0.3 is 0 Å². The van der Waals surface area contributed by atoms with Crippen LogP contribution in [0.1, 0.15) is 54.9 Å². The van der Waals surface area contributed by atoms with E-state index in [4.69, 9.17) is 4.74 Å². The number of rotatable bonds is 8. The highest BCUT2D eigenvalue weighted by atomic mass is 32.1. The standard InChI is InChI=1S/C21H28N2O2S/c1-5-16(4)23(21(24)17-7-8-17)11-18-13-26-20(22-18)12-25-19-9-6-14(2)15(3)10-19/h6,9-10,13,16-17H,5,7-8,11-12H2,1-4H3/t16-/m0/s1. The van der Waals surface area contributed by atoms with Crippen LogP contribution in [-0.4, -0.2) is 21.8 Å². The van der Waals surface area contributed by atoms with Crippen molar-refractivity contribution in [1.29, 1.82) is 0 Å². The summed E-state index contributed by atoms with van der Waals surface area (Å²) in [7, 11) is 0. The number of amides is 1. The Balaban J connectivity index is 1.60. The Morgan fingerprint density at radius 1 is 1.35 bits per heavy atom. The van der Waals surface area contributed by atoms with Crippen LogP contribution in [-0.2, 0) is 17.9 Å². The van der Waals surface area contributed by atoms with Crippen molar-refractivity contribution in [1.82, 2.24) is 9.88 Å². The van der Waals surface area contributed by atoms with Crippen molar-refractivity contribution in [3.05, 3.63) is 45.4 Å². The minimum Gasteiger partial charge on any atom is -0.486 e. The first kappa shape index (κ1) is 18.9. The lowest BCUT2D eigenvalue weighted by molar-refractivity contribution is -0.135. The van der Waals surface area contributed by atoms with Gasteiger partial charge in [-0.15, -0.1) is 11.3 Å². The van der Waals surface area contributed by atoms with Crippen LogP contribution in [0.2, 0.25) is 0 Å². The van der Waals surface area contributed by atoms with Crippen LogP contribution >= 0.6 is 11.3 Å². The number of hydrogen-bond donors (Lipinski definition) is 0. The molecule has 5 heteroatoms. The quantitative estimate of drug-likeness (QED) is 0.663. The summed E-state index contributed by atoms with van der Waals surface area (Å²) in [5.74, 6) is 1.41. The van der Waals surface area contributed by atoms with Crippen molar-refractivity contribution in [3.63, 3.8) is 0 Å². The van der Waals surface area contributed by atoms with Gasteiger partial charge < -0.3 is 9.64 Å². The Labute approximate surface area is 160 Å². The molecule has 1 atom stereocenters. The fourth-order valence-corrected chi connectivity index (χ4v) is 3.54. The maximum absolute atomic E-state index is 12.6. The highest BCUT2D eigenvalue weighted by Gasteiger charge is 2.35. The molecule has 4 nitrogen and oxygen atoms in total. The molecule has 1 amide bonds. The van der Waals surface area contributed by atoms with E-state index < -0.39 is 0 Å². The molecule has 1 aromatic heterocycles. The molecule has 1 aliphatic rings. The van der Waals surface area contributed by atoms with Gasteiger partial charge in [-0.1, -0.05) is 13.0 Å². The second-order valence-corrected chi connectivity index (χ2v) is 8.21. The van der Waals surface area contributed by atoms with E-state index in [0.717, 1.165) is 35.7 Å². The largest absolute Gasteiger partial charge is 0.486 e. The van der Waals surface area contributed by atoms with E-state index in [1.807, 2.05) is 11.0 Å². The van der Waals surface area contributed by atoms with Gasteiger partial charge in [0, 0.05) is 17.3 Å². The van der Waals surface area contributed by atoms with E-state index in [1.54, 1.807) is 11.3 Å². The molecule has 0 N–H and O–H groups in total. The Morgan fingerprint density at radius 3 is 2.77 bits per heavy atom. The molecule has 2 aromatic rings. The molecule has 0 radical (unpaired) electrons. The zero-order valence-electron chi connectivity index (χ0n) is 16.1. The maximum atomic E-state index is 12.6. The zero-order chi connectivity index (χ0) is 18.7. The number of thiazole rings is 1. The summed E-state index contributed by atoms with van der Waals surface area (Å²) in [5.41, 5.74) is 3.45. The first-order valence-electron chi connectivity index (χ1n) is 9.41. The first-order valence-corrected chi connectivity index (χ1v) is 10.3. The van der Waals surface area contributed by atoms with Crippen molar-refractivity contribution in [3.8, 4) is 5.75 Å². The number of aromatic nitrogens is 1. The molecule has 1 fully saturated rings. The van der Waals surface area contributed by atoms with Crippen LogP contribution < -0.4 is 4.74 Å². The van der Waals surface area contributed by atoms with Gasteiger partial charge in [-0.25, -0.2) is 4.98 Å². The van der Waals surface area contributed by atoms with Gasteiger partial charge in [0.15, 0.2) is 0 Å². The lowest BCUT2D eigenvalue weighted by atomic mass is 10.1. The van der Waals surface area contributed by atoms with Crippen molar-refractivity contribution in [2.75, 3.05) is 0 Å². The molecule has 3 rings (SSSR count). The Hall–Kier alpha value is -1.88. The van der Waals surface area contributed by atoms with Crippen molar-refractivity contribution >= 4 is 17.2 Å².